The summed E-state index contributed by atoms with van der Waals surface area (Å²) in [7, 11) is 1.45. The van der Waals surface area contributed by atoms with Crippen LogP contribution in [0.5, 0.6) is 0 Å². The molecule has 0 aromatic heterocycles. The van der Waals surface area contributed by atoms with E-state index in [-0.39, 0.29) is 30.9 Å². The Bertz CT molecular complexity index is 323. The molecule has 6 nitrogen and oxygen atoms in total. The van der Waals surface area contributed by atoms with Crippen molar-refractivity contribution in [2.45, 2.75) is 51.5 Å². The molecule has 0 aliphatic carbocycles. The quantitative estimate of drug-likeness (QED) is 0.572. The van der Waals surface area contributed by atoms with Crippen molar-refractivity contribution in [1.82, 2.24) is 0 Å². The van der Waals surface area contributed by atoms with Gasteiger partial charge in [0, 0.05) is 7.11 Å². The summed E-state index contributed by atoms with van der Waals surface area (Å²) in [5.74, 6) is -0.289. The van der Waals surface area contributed by atoms with Gasteiger partial charge in [0.2, 0.25) is 0 Å². The molecule has 0 spiro atoms. The molecule has 0 aromatic rings. The predicted octanol–water partition coefficient (Wildman–Crippen LogP) is 0.0753. The van der Waals surface area contributed by atoms with E-state index >= 15 is 0 Å². The van der Waals surface area contributed by atoms with Crippen LogP contribution in [0.15, 0.2) is 0 Å². The van der Waals surface area contributed by atoms with Crippen LogP contribution < -0.4 is 0 Å². The van der Waals surface area contributed by atoms with Crippen molar-refractivity contribution < 1.29 is 28.8 Å². The number of carbonyl (C=O) groups is 1. The monoisotopic (exact) mass is 260 g/mol. The number of ether oxygens (including phenoxy) is 4. The third kappa shape index (κ3) is 2.66. The number of methoxy groups -OCH3 is 1. The van der Waals surface area contributed by atoms with E-state index in [9.17, 15) is 9.90 Å². The number of aliphatic hydroxyl groups excluding tert-OH is 1. The fraction of sp³-hybridized carbons (Fsp3) is 0.917. The first-order valence-electron chi connectivity index (χ1n) is 6.03. The largest absolute Gasteiger partial charge is 0.462 e. The highest BCUT2D eigenvalue weighted by Crippen LogP contribution is 2.37. The van der Waals surface area contributed by atoms with Gasteiger partial charge in [-0.1, -0.05) is 0 Å². The van der Waals surface area contributed by atoms with E-state index < -0.39 is 17.8 Å². The van der Waals surface area contributed by atoms with E-state index in [0.29, 0.717) is 0 Å². The average molecular weight is 260 g/mol. The Morgan fingerprint density at radius 3 is 2.50 bits per heavy atom. The van der Waals surface area contributed by atoms with Crippen LogP contribution in [-0.4, -0.2) is 55.5 Å². The minimum absolute atomic E-state index is 0.115. The molecule has 2 aliphatic rings. The van der Waals surface area contributed by atoms with Crippen molar-refractivity contribution in [3.63, 3.8) is 0 Å². The summed E-state index contributed by atoms with van der Waals surface area (Å²) in [5, 5.41) is 9.72. The van der Waals surface area contributed by atoms with Gasteiger partial charge in [-0.2, -0.15) is 0 Å². The second kappa shape index (κ2) is 4.77. The summed E-state index contributed by atoms with van der Waals surface area (Å²) in [5.41, 5.74) is -0.543. The van der Waals surface area contributed by atoms with E-state index in [2.05, 4.69) is 0 Å². The van der Waals surface area contributed by atoms with Crippen molar-refractivity contribution in [3.8, 4) is 0 Å². The number of epoxide rings is 1. The van der Waals surface area contributed by atoms with Gasteiger partial charge in [0.1, 0.15) is 31.0 Å². The zero-order chi connectivity index (χ0) is 13.5. The first-order valence-corrected chi connectivity index (χ1v) is 6.03. The van der Waals surface area contributed by atoms with E-state index in [0.717, 1.165) is 0 Å². The summed E-state index contributed by atoms with van der Waals surface area (Å²) < 4.78 is 21.0. The molecule has 104 valence electrons. The Morgan fingerprint density at radius 2 is 1.94 bits per heavy atom. The topological polar surface area (TPSA) is 77.5 Å². The Balaban J connectivity index is 1.86. The maximum Gasteiger partial charge on any atom is 0.311 e. The molecular weight excluding hydrogens is 240 g/mol. The summed E-state index contributed by atoms with van der Waals surface area (Å²) in [6, 6.07) is 0. The molecule has 0 amide bonds. The van der Waals surface area contributed by atoms with Crippen LogP contribution in [0.3, 0.4) is 0 Å². The number of aliphatic hydroxyl groups is 1. The van der Waals surface area contributed by atoms with Gasteiger partial charge in [-0.05, 0) is 20.8 Å². The lowest BCUT2D eigenvalue weighted by atomic mass is 9.97. The highest BCUT2D eigenvalue weighted by atomic mass is 16.7. The van der Waals surface area contributed by atoms with E-state index in [4.69, 9.17) is 18.9 Å². The SMILES string of the molecule is CO[C@H]1O[C@H](COC(=O)C(C)(C)C)[C@H]2O[C@H]2[C@H]1O. The summed E-state index contributed by atoms with van der Waals surface area (Å²) in [6.45, 7) is 5.48. The number of carbonyl (C=O) groups excluding carboxylic acids is 1. The molecule has 0 bridgehead atoms. The lowest BCUT2D eigenvalue weighted by molar-refractivity contribution is -0.227. The Morgan fingerprint density at radius 1 is 1.28 bits per heavy atom. The molecule has 2 heterocycles. The van der Waals surface area contributed by atoms with Crippen LogP contribution in [-0.2, 0) is 23.7 Å². The first-order chi connectivity index (χ1) is 8.34. The molecule has 2 fully saturated rings. The lowest BCUT2D eigenvalue weighted by Crippen LogP contribution is -2.47. The third-order valence-electron chi connectivity index (χ3n) is 3.08. The molecule has 6 heteroatoms. The number of hydrogen-bond donors (Lipinski definition) is 1. The molecule has 2 aliphatic heterocycles. The fourth-order valence-corrected chi connectivity index (χ4v) is 1.90. The summed E-state index contributed by atoms with van der Waals surface area (Å²) in [6.07, 6.45) is -2.38. The maximum absolute atomic E-state index is 11.6. The molecule has 0 saturated carbocycles. The Hall–Kier alpha value is -0.690. The highest BCUT2D eigenvalue weighted by molar-refractivity contribution is 5.75. The molecule has 18 heavy (non-hydrogen) atoms. The molecule has 0 unspecified atom stereocenters. The molecule has 0 radical (unpaired) electrons. The molecule has 5 atom stereocenters. The molecule has 0 aromatic carbocycles. The van der Waals surface area contributed by atoms with Crippen LogP contribution >= 0.6 is 0 Å². The first kappa shape index (κ1) is 13.7. The zero-order valence-corrected chi connectivity index (χ0v) is 11.1. The van der Waals surface area contributed by atoms with E-state index in [1.807, 2.05) is 0 Å². The second-order valence-electron chi connectivity index (χ2n) is 5.68. The van der Waals surface area contributed by atoms with E-state index in [1.165, 1.54) is 7.11 Å². The zero-order valence-electron chi connectivity index (χ0n) is 11.1. The van der Waals surface area contributed by atoms with Gasteiger partial charge in [0.25, 0.3) is 0 Å². The molecule has 2 rings (SSSR count). The van der Waals surface area contributed by atoms with Crippen molar-refractivity contribution in [2.24, 2.45) is 5.41 Å². The van der Waals surface area contributed by atoms with Crippen LogP contribution in [0.2, 0.25) is 0 Å². The van der Waals surface area contributed by atoms with Crippen molar-refractivity contribution in [3.05, 3.63) is 0 Å². The number of rotatable bonds is 3. The van der Waals surface area contributed by atoms with Crippen LogP contribution in [0.4, 0.5) is 0 Å². The Labute approximate surface area is 106 Å². The lowest BCUT2D eigenvalue weighted by Gasteiger charge is -2.30. The van der Waals surface area contributed by atoms with Gasteiger partial charge in [0.15, 0.2) is 6.29 Å². The van der Waals surface area contributed by atoms with Crippen molar-refractivity contribution in [1.29, 1.82) is 0 Å². The predicted molar refractivity (Wildman–Crippen MR) is 60.8 cm³/mol. The van der Waals surface area contributed by atoms with Gasteiger partial charge >= 0.3 is 5.97 Å². The fourth-order valence-electron chi connectivity index (χ4n) is 1.90. The van der Waals surface area contributed by atoms with Crippen LogP contribution in [0.25, 0.3) is 0 Å². The smallest absolute Gasteiger partial charge is 0.311 e. The molecule has 1 N–H and O–H groups in total. The molecular formula is C12H20O6. The minimum Gasteiger partial charge on any atom is -0.462 e. The Kier molecular flexibility index (Phi) is 3.64. The van der Waals surface area contributed by atoms with Gasteiger partial charge in [-0.15, -0.1) is 0 Å². The number of esters is 1. The maximum atomic E-state index is 11.6. The van der Waals surface area contributed by atoms with Crippen LogP contribution in [0, 0.1) is 5.41 Å². The average Bonchev–Trinajstić information content (AvgIpc) is 3.07. The van der Waals surface area contributed by atoms with Gasteiger partial charge in [0.05, 0.1) is 5.41 Å². The van der Waals surface area contributed by atoms with Gasteiger partial charge < -0.3 is 24.1 Å². The second-order valence-corrected chi connectivity index (χ2v) is 5.68. The van der Waals surface area contributed by atoms with E-state index in [1.54, 1.807) is 20.8 Å². The number of fused-ring (bicyclic) bond motifs is 1. The molecule has 2 saturated heterocycles. The standard InChI is InChI=1S/C12H20O6/c1-12(2,3)11(14)16-5-6-8-9(18-8)7(13)10(15-4)17-6/h6-10,13H,5H2,1-4H3/t6-,7-,8-,9+,10+/m1/s1. The minimum atomic E-state index is -0.783. The van der Waals surface area contributed by atoms with Crippen molar-refractivity contribution >= 4 is 5.97 Å². The third-order valence-corrected chi connectivity index (χ3v) is 3.08. The van der Waals surface area contributed by atoms with Gasteiger partial charge in [-0.3, -0.25) is 4.79 Å². The normalized spacial score (nSPS) is 39.1. The van der Waals surface area contributed by atoms with Crippen molar-refractivity contribution in [2.75, 3.05) is 13.7 Å². The van der Waals surface area contributed by atoms with Crippen LogP contribution in [0.1, 0.15) is 20.8 Å². The summed E-state index contributed by atoms with van der Waals surface area (Å²) >= 11 is 0. The summed E-state index contributed by atoms with van der Waals surface area (Å²) in [4.78, 5) is 11.6. The number of hydrogen-bond acceptors (Lipinski definition) is 6. The highest BCUT2D eigenvalue weighted by Gasteiger charge is 2.58. The van der Waals surface area contributed by atoms with Gasteiger partial charge in [-0.25, -0.2) is 0 Å².